The number of alkyl halides is 3. The number of hydrogen-bond acceptors (Lipinski definition) is 7. The minimum atomic E-state index is -4.52. The highest BCUT2D eigenvalue weighted by Gasteiger charge is 2.44. The van der Waals surface area contributed by atoms with Gasteiger partial charge in [-0.3, -0.25) is 24.2 Å². The molecule has 0 bridgehead atoms. The summed E-state index contributed by atoms with van der Waals surface area (Å²) in [6, 6.07) is 27.1. The Bertz CT molecular complexity index is 2190. The van der Waals surface area contributed by atoms with Gasteiger partial charge in [-0.2, -0.15) is 13.2 Å². The van der Waals surface area contributed by atoms with Crippen molar-refractivity contribution >= 4 is 23.4 Å². The number of rotatable bonds is 11. The van der Waals surface area contributed by atoms with Crippen molar-refractivity contribution in [3.8, 4) is 11.5 Å². The van der Waals surface area contributed by atoms with Crippen LogP contribution < -0.4 is 15.0 Å². The van der Waals surface area contributed by atoms with E-state index >= 15 is 0 Å². The van der Waals surface area contributed by atoms with E-state index in [4.69, 9.17) is 4.74 Å². The molecule has 8 rings (SSSR count). The predicted molar refractivity (Wildman–Crippen MR) is 214 cm³/mol. The molecule has 4 aliphatic rings. The first-order chi connectivity index (χ1) is 27.9. The maximum Gasteiger partial charge on any atom is 0.425 e. The summed E-state index contributed by atoms with van der Waals surface area (Å²) in [5.41, 5.74) is 6.33. The average molecular weight is 793 g/mol. The van der Waals surface area contributed by atoms with Gasteiger partial charge in [-0.15, -0.1) is 0 Å². The third kappa shape index (κ3) is 8.07. The number of benzene rings is 4. The number of fused-ring (bicyclic) bond motifs is 2. The Labute approximate surface area is 336 Å². The number of hydrogen-bond donors (Lipinski definition) is 2. The number of ether oxygens (including phenoxy) is 1. The van der Waals surface area contributed by atoms with Crippen LogP contribution in [-0.4, -0.2) is 83.7 Å². The van der Waals surface area contributed by atoms with Gasteiger partial charge in [-0.1, -0.05) is 55.1 Å². The van der Waals surface area contributed by atoms with Gasteiger partial charge in [-0.05, 0) is 122 Å². The number of carbonyl (C=O) groups excluding carboxylic acids is 3. The minimum Gasteiger partial charge on any atom is -0.508 e. The topological polar surface area (TPSA) is 102 Å². The first-order valence-corrected chi connectivity index (χ1v) is 20.1. The summed E-state index contributed by atoms with van der Waals surface area (Å²) in [6.45, 7) is 7.13. The Kier molecular flexibility index (Phi) is 11.0. The molecule has 0 spiro atoms. The van der Waals surface area contributed by atoms with Crippen LogP contribution in [0.1, 0.15) is 93.3 Å². The van der Waals surface area contributed by atoms with Crippen LogP contribution in [0.15, 0.2) is 103 Å². The van der Waals surface area contributed by atoms with Gasteiger partial charge in [0.25, 0.3) is 11.8 Å². The second kappa shape index (κ2) is 16.3. The highest BCUT2D eigenvalue weighted by Crippen LogP contribution is 2.47. The van der Waals surface area contributed by atoms with Crippen molar-refractivity contribution in [2.75, 3.05) is 37.6 Å². The number of phenolic OH excluding ortho intramolecular Hbond substituents is 1. The van der Waals surface area contributed by atoms with E-state index in [9.17, 15) is 32.7 Å². The fourth-order valence-corrected chi connectivity index (χ4v) is 9.12. The summed E-state index contributed by atoms with van der Waals surface area (Å²) < 4.78 is 48.4. The van der Waals surface area contributed by atoms with Crippen LogP contribution in [0.3, 0.4) is 0 Å². The van der Waals surface area contributed by atoms with E-state index in [1.54, 1.807) is 30.3 Å². The molecular weight excluding hydrogens is 746 g/mol. The Balaban J connectivity index is 0.839. The second-order valence-electron chi connectivity index (χ2n) is 15.8. The number of carbonyl (C=O) groups is 3. The number of amides is 3. The zero-order valence-corrected chi connectivity index (χ0v) is 32.2. The maximum atomic E-state index is 14.3. The number of halogens is 3. The zero-order valence-electron chi connectivity index (χ0n) is 32.2. The first-order valence-electron chi connectivity index (χ1n) is 20.1. The van der Waals surface area contributed by atoms with Crippen LogP contribution in [0, 0.1) is 0 Å². The third-order valence-electron chi connectivity index (χ3n) is 12.2. The van der Waals surface area contributed by atoms with Gasteiger partial charge in [0.1, 0.15) is 17.5 Å². The molecule has 0 aromatic heterocycles. The number of imide groups is 1. The van der Waals surface area contributed by atoms with Gasteiger partial charge in [0.2, 0.25) is 5.91 Å². The number of aromatic hydroxyl groups is 1. The van der Waals surface area contributed by atoms with E-state index in [2.05, 4.69) is 33.8 Å². The van der Waals surface area contributed by atoms with Gasteiger partial charge in [-0.25, -0.2) is 0 Å². The highest BCUT2D eigenvalue weighted by atomic mass is 19.4. The van der Waals surface area contributed by atoms with E-state index in [-0.39, 0.29) is 40.9 Å². The van der Waals surface area contributed by atoms with Crippen LogP contribution in [0.2, 0.25) is 0 Å². The van der Waals surface area contributed by atoms with Crippen molar-refractivity contribution in [3.63, 3.8) is 0 Å². The van der Waals surface area contributed by atoms with Gasteiger partial charge in [0.05, 0.1) is 11.1 Å². The summed E-state index contributed by atoms with van der Waals surface area (Å²) >= 11 is 0. The quantitative estimate of drug-likeness (QED) is 0.118. The molecule has 3 heterocycles. The summed E-state index contributed by atoms with van der Waals surface area (Å²) in [6.07, 6.45) is -3.14. The van der Waals surface area contributed by atoms with Crippen molar-refractivity contribution in [2.24, 2.45) is 0 Å². The number of piperazine rings is 1. The van der Waals surface area contributed by atoms with Gasteiger partial charge < -0.3 is 20.1 Å². The summed E-state index contributed by atoms with van der Waals surface area (Å²) in [4.78, 5) is 44.5. The Morgan fingerprint density at radius 1 is 0.810 bits per heavy atom. The monoisotopic (exact) mass is 792 g/mol. The number of unbranched alkanes of at least 4 members (excludes halogenated alkanes) is 1. The zero-order chi connectivity index (χ0) is 40.6. The number of aryl methyl sites for hydroxylation is 1. The summed E-state index contributed by atoms with van der Waals surface area (Å²) in [5, 5.41) is 12.8. The van der Waals surface area contributed by atoms with Gasteiger partial charge in [0, 0.05) is 43.5 Å². The van der Waals surface area contributed by atoms with Crippen LogP contribution >= 0.6 is 0 Å². The molecule has 9 nitrogen and oxygen atoms in total. The number of piperidine rings is 1. The Morgan fingerprint density at radius 3 is 2.28 bits per heavy atom. The average Bonchev–Trinajstić information content (AvgIpc) is 3.46. The fraction of sp³-hybridized carbons (Fsp3) is 0.370. The molecule has 12 heteroatoms. The number of anilines is 1. The van der Waals surface area contributed by atoms with E-state index in [0.29, 0.717) is 64.1 Å². The molecule has 4 atom stereocenters. The summed E-state index contributed by atoms with van der Waals surface area (Å²) in [5.74, 6) is -0.793. The predicted octanol–water partition coefficient (Wildman–Crippen LogP) is 7.94. The van der Waals surface area contributed by atoms with E-state index < -0.39 is 36.0 Å². The lowest BCUT2D eigenvalue weighted by atomic mass is 9.69. The fourth-order valence-electron chi connectivity index (χ4n) is 9.12. The van der Waals surface area contributed by atoms with Crippen molar-refractivity contribution in [3.05, 3.63) is 137 Å². The molecule has 3 amide bonds. The van der Waals surface area contributed by atoms with Crippen molar-refractivity contribution in [2.45, 2.75) is 75.1 Å². The van der Waals surface area contributed by atoms with Crippen LogP contribution in [-0.2, 0) is 11.2 Å². The smallest absolute Gasteiger partial charge is 0.425 e. The van der Waals surface area contributed by atoms with E-state index in [1.807, 2.05) is 48.5 Å². The summed E-state index contributed by atoms with van der Waals surface area (Å²) in [7, 11) is 0. The third-order valence-corrected chi connectivity index (χ3v) is 12.2. The SMILES string of the molecule is C=C1CCC(N2C(=O)c3ccc(N4CCN(CCCCC(Oc5ccc([C@@H]6c7ccc(O)cc7CC[C@@H]6c6ccccc6)cc5)C(F)(F)F)CC4)cc3C2=O)C(=O)N1. The largest absolute Gasteiger partial charge is 0.508 e. The molecule has 2 saturated heterocycles. The van der Waals surface area contributed by atoms with Gasteiger partial charge >= 0.3 is 6.18 Å². The number of nitrogens with one attached hydrogen (secondary N) is 1. The molecule has 2 fully saturated rings. The molecule has 3 aliphatic heterocycles. The number of nitrogens with zero attached hydrogens (tertiary/aromatic N) is 3. The van der Waals surface area contributed by atoms with Gasteiger partial charge in [0.15, 0.2) is 6.10 Å². The lowest BCUT2D eigenvalue weighted by Crippen LogP contribution is -2.51. The van der Waals surface area contributed by atoms with Crippen molar-refractivity contribution in [1.29, 1.82) is 0 Å². The molecule has 0 radical (unpaired) electrons. The molecule has 302 valence electrons. The minimum absolute atomic E-state index is 0.0194. The molecular formula is C46H47F3N4O5. The molecule has 0 saturated carbocycles. The van der Waals surface area contributed by atoms with Crippen LogP contribution in [0.5, 0.6) is 11.5 Å². The first kappa shape index (κ1) is 39.2. The van der Waals surface area contributed by atoms with Crippen LogP contribution in [0.4, 0.5) is 18.9 Å². The molecule has 4 aromatic rings. The lowest BCUT2D eigenvalue weighted by Gasteiger charge is -2.36. The van der Waals surface area contributed by atoms with Crippen molar-refractivity contribution in [1.82, 2.24) is 15.1 Å². The molecule has 2 unspecified atom stereocenters. The Hall–Kier alpha value is -5.62. The highest BCUT2D eigenvalue weighted by molar-refractivity contribution is 6.23. The molecule has 58 heavy (non-hydrogen) atoms. The standard InChI is InChI=1S/C46H47F3N4O5/c1-29-10-21-40(43(55)50-29)53-44(56)38-19-14-33(28-39(38)45(53)57)52-25-23-51(24-26-52)22-6-5-9-41(46(47,48)49)58-35-16-11-31(12-17-35)42-36(30-7-3-2-4-8-30)18-13-32-27-34(54)15-20-37(32)42/h2-4,7-8,11-12,14-17,19-20,27-28,36,40-42,54H,1,5-6,9-10,13,18,21-26H2,(H,50,55)/t36-,40?,41?,42+/m1/s1. The maximum absolute atomic E-state index is 14.3. The molecule has 1 aliphatic carbocycles. The van der Waals surface area contributed by atoms with Crippen molar-refractivity contribution < 1.29 is 37.4 Å². The second-order valence-corrected chi connectivity index (χ2v) is 15.8. The number of allylic oxidation sites excluding steroid dienone is 1. The number of phenols is 1. The van der Waals surface area contributed by atoms with E-state index in [0.717, 1.165) is 40.1 Å². The lowest BCUT2D eigenvalue weighted by molar-refractivity contribution is -0.197. The molecule has 4 aromatic carbocycles. The normalized spacial score (nSPS) is 21.7. The Morgan fingerprint density at radius 2 is 1.55 bits per heavy atom. The molecule has 2 N–H and O–H groups in total. The van der Waals surface area contributed by atoms with E-state index in [1.165, 1.54) is 5.56 Å². The van der Waals surface area contributed by atoms with Crippen LogP contribution in [0.25, 0.3) is 0 Å².